The summed E-state index contributed by atoms with van der Waals surface area (Å²) in [6, 6.07) is 18.0. The zero-order valence-corrected chi connectivity index (χ0v) is 21.8. The first kappa shape index (κ1) is 24.7. The fourth-order valence-corrected chi connectivity index (χ4v) is 5.06. The molecule has 3 aromatic carbocycles. The molecule has 1 fully saturated rings. The van der Waals surface area contributed by atoms with Gasteiger partial charge in [-0.1, -0.05) is 69.5 Å². The molecule has 34 heavy (non-hydrogen) atoms. The lowest BCUT2D eigenvalue weighted by Crippen LogP contribution is -2.27. The number of hydrogen-bond donors (Lipinski definition) is 0. The van der Waals surface area contributed by atoms with E-state index in [2.05, 4.69) is 15.9 Å². The zero-order chi connectivity index (χ0) is 24.2. The largest absolute Gasteiger partial charge is 0.493 e. The van der Waals surface area contributed by atoms with E-state index in [4.69, 9.17) is 32.7 Å². The number of imide groups is 1. The van der Waals surface area contributed by atoms with E-state index in [0.29, 0.717) is 37.6 Å². The SMILES string of the molecule is COc1ccc(/C=C2\SC(=O)N(Cc3ccccc3Br)C2=O)cc1OCc1c(Cl)cccc1Cl. The van der Waals surface area contributed by atoms with Gasteiger partial charge in [-0.05, 0) is 59.3 Å². The second-order valence-corrected chi connectivity index (χ2v) is 9.92. The monoisotopic (exact) mass is 577 g/mol. The summed E-state index contributed by atoms with van der Waals surface area (Å²) in [7, 11) is 1.54. The minimum absolute atomic E-state index is 0.140. The molecule has 0 radical (unpaired) electrons. The van der Waals surface area contributed by atoms with E-state index >= 15 is 0 Å². The minimum atomic E-state index is -0.341. The van der Waals surface area contributed by atoms with E-state index in [1.807, 2.05) is 24.3 Å². The average molecular weight is 579 g/mol. The number of hydrogen-bond acceptors (Lipinski definition) is 5. The highest BCUT2D eigenvalue weighted by molar-refractivity contribution is 9.10. The lowest BCUT2D eigenvalue weighted by molar-refractivity contribution is -0.123. The number of methoxy groups -OCH3 is 1. The van der Waals surface area contributed by atoms with Crippen molar-refractivity contribution in [2.24, 2.45) is 0 Å². The smallest absolute Gasteiger partial charge is 0.293 e. The van der Waals surface area contributed by atoms with Crippen LogP contribution < -0.4 is 9.47 Å². The van der Waals surface area contributed by atoms with E-state index in [-0.39, 0.29) is 24.3 Å². The predicted molar refractivity (Wildman–Crippen MR) is 139 cm³/mol. The van der Waals surface area contributed by atoms with Gasteiger partial charge in [0.1, 0.15) is 6.61 Å². The normalized spacial score (nSPS) is 14.7. The Morgan fingerprint density at radius 3 is 2.44 bits per heavy atom. The number of carbonyl (C=O) groups excluding carboxylic acids is 2. The van der Waals surface area contributed by atoms with Crippen molar-refractivity contribution in [3.05, 3.63) is 96.8 Å². The maximum atomic E-state index is 12.9. The molecule has 1 aliphatic heterocycles. The Hall–Kier alpha value is -2.45. The number of halogens is 3. The van der Waals surface area contributed by atoms with E-state index in [9.17, 15) is 9.59 Å². The van der Waals surface area contributed by atoms with E-state index in [0.717, 1.165) is 21.8 Å². The van der Waals surface area contributed by atoms with Gasteiger partial charge in [0.15, 0.2) is 11.5 Å². The molecule has 0 saturated carbocycles. The zero-order valence-electron chi connectivity index (χ0n) is 17.9. The quantitative estimate of drug-likeness (QED) is 0.270. The van der Waals surface area contributed by atoms with Crippen LogP contribution in [0.4, 0.5) is 4.79 Å². The summed E-state index contributed by atoms with van der Waals surface area (Å²) in [6.45, 7) is 0.333. The van der Waals surface area contributed by atoms with Crippen molar-refractivity contribution in [2.75, 3.05) is 7.11 Å². The molecule has 0 bridgehead atoms. The molecule has 0 aromatic heterocycles. The Morgan fingerprint density at radius 2 is 1.74 bits per heavy atom. The van der Waals surface area contributed by atoms with Crippen molar-refractivity contribution in [1.29, 1.82) is 0 Å². The van der Waals surface area contributed by atoms with Gasteiger partial charge in [-0.3, -0.25) is 14.5 Å². The molecule has 0 N–H and O–H groups in total. The Balaban J connectivity index is 1.55. The Bertz CT molecular complexity index is 1280. The number of thioether (sulfide) groups is 1. The summed E-state index contributed by atoms with van der Waals surface area (Å²) >= 11 is 16.8. The van der Waals surface area contributed by atoms with Gasteiger partial charge in [0.25, 0.3) is 11.1 Å². The van der Waals surface area contributed by atoms with Crippen molar-refractivity contribution >= 4 is 68.1 Å². The van der Waals surface area contributed by atoms with E-state index in [1.165, 1.54) is 12.0 Å². The second-order valence-electron chi connectivity index (χ2n) is 7.26. The molecule has 2 amide bonds. The third-order valence-electron chi connectivity index (χ3n) is 5.08. The topological polar surface area (TPSA) is 55.8 Å². The van der Waals surface area contributed by atoms with Gasteiger partial charge in [0.05, 0.1) is 18.6 Å². The fraction of sp³-hybridized carbons (Fsp3) is 0.120. The highest BCUT2D eigenvalue weighted by Crippen LogP contribution is 2.36. The number of ether oxygens (including phenoxy) is 2. The van der Waals surface area contributed by atoms with Crippen molar-refractivity contribution in [3.8, 4) is 11.5 Å². The lowest BCUT2D eigenvalue weighted by atomic mass is 10.1. The third-order valence-corrected chi connectivity index (χ3v) is 7.47. The van der Waals surface area contributed by atoms with Crippen molar-refractivity contribution in [1.82, 2.24) is 4.90 Å². The van der Waals surface area contributed by atoms with Crippen LogP contribution in [0.1, 0.15) is 16.7 Å². The standard InChI is InChI=1S/C25H18BrCl2NO4S/c1-32-21-10-9-15(11-22(21)33-14-17-19(27)7-4-8-20(17)28)12-23-24(30)29(25(31)34-23)13-16-5-2-3-6-18(16)26/h2-12H,13-14H2,1H3/b23-12-. The van der Waals surface area contributed by atoms with Crippen LogP contribution in [-0.4, -0.2) is 23.2 Å². The molecule has 0 unspecified atom stereocenters. The highest BCUT2D eigenvalue weighted by Gasteiger charge is 2.35. The van der Waals surface area contributed by atoms with Crippen LogP contribution in [0.25, 0.3) is 6.08 Å². The summed E-state index contributed by atoms with van der Waals surface area (Å²) in [5.74, 6) is 0.633. The fourth-order valence-electron chi connectivity index (χ4n) is 3.30. The molecule has 3 aromatic rings. The lowest BCUT2D eigenvalue weighted by Gasteiger charge is -2.14. The molecule has 5 nitrogen and oxygen atoms in total. The molecule has 0 atom stereocenters. The first-order valence-corrected chi connectivity index (χ1v) is 12.5. The number of rotatable bonds is 7. The van der Waals surface area contributed by atoms with Gasteiger partial charge in [-0.2, -0.15) is 0 Å². The molecule has 0 aliphatic carbocycles. The molecular weight excluding hydrogens is 561 g/mol. The van der Waals surface area contributed by atoms with Crippen LogP contribution in [0.2, 0.25) is 10.0 Å². The number of amides is 2. The summed E-state index contributed by atoms with van der Waals surface area (Å²) in [5, 5.41) is 0.688. The van der Waals surface area contributed by atoms with Gasteiger partial charge >= 0.3 is 0 Å². The predicted octanol–water partition coefficient (Wildman–Crippen LogP) is 7.58. The van der Waals surface area contributed by atoms with Crippen LogP contribution in [0.5, 0.6) is 11.5 Å². The van der Waals surface area contributed by atoms with Crippen molar-refractivity contribution in [3.63, 3.8) is 0 Å². The van der Waals surface area contributed by atoms with E-state index < -0.39 is 0 Å². The summed E-state index contributed by atoms with van der Waals surface area (Å²) < 4.78 is 12.2. The molecular formula is C25H18BrCl2NO4S. The van der Waals surface area contributed by atoms with Crippen LogP contribution in [0.15, 0.2) is 70.0 Å². The maximum Gasteiger partial charge on any atom is 0.293 e. The number of nitrogens with zero attached hydrogens (tertiary/aromatic N) is 1. The Labute approximate surface area is 219 Å². The van der Waals surface area contributed by atoms with Gasteiger partial charge < -0.3 is 9.47 Å². The Kier molecular flexibility index (Phi) is 7.88. The van der Waals surface area contributed by atoms with Crippen molar-refractivity contribution in [2.45, 2.75) is 13.2 Å². The summed E-state index contributed by atoms with van der Waals surface area (Å²) in [6.07, 6.45) is 1.67. The number of benzene rings is 3. The minimum Gasteiger partial charge on any atom is -0.493 e. The van der Waals surface area contributed by atoms with Crippen LogP contribution >= 0.6 is 50.9 Å². The molecule has 174 valence electrons. The van der Waals surface area contributed by atoms with Crippen LogP contribution in [-0.2, 0) is 17.9 Å². The van der Waals surface area contributed by atoms with Gasteiger partial charge in [0, 0.05) is 20.1 Å². The molecule has 4 rings (SSSR count). The molecule has 1 aliphatic rings. The highest BCUT2D eigenvalue weighted by atomic mass is 79.9. The molecule has 1 heterocycles. The first-order valence-electron chi connectivity index (χ1n) is 10.1. The average Bonchev–Trinajstić information content (AvgIpc) is 3.07. The molecule has 9 heteroatoms. The van der Waals surface area contributed by atoms with Gasteiger partial charge in [-0.15, -0.1) is 0 Å². The first-order chi connectivity index (χ1) is 16.4. The summed E-state index contributed by atoms with van der Waals surface area (Å²) in [4.78, 5) is 27.0. The van der Waals surface area contributed by atoms with Crippen LogP contribution in [0, 0.1) is 0 Å². The van der Waals surface area contributed by atoms with Crippen LogP contribution in [0.3, 0.4) is 0 Å². The Morgan fingerprint density at radius 1 is 1.00 bits per heavy atom. The maximum absolute atomic E-state index is 12.9. The summed E-state index contributed by atoms with van der Waals surface area (Å²) in [5.41, 5.74) is 2.20. The molecule has 0 spiro atoms. The number of carbonyl (C=O) groups is 2. The van der Waals surface area contributed by atoms with Gasteiger partial charge in [-0.25, -0.2) is 0 Å². The van der Waals surface area contributed by atoms with Crippen molar-refractivity contribution < 1.29 is 19.1 Å². The van der Waals surface area contributed by atoms with E-state index in [1.54, 1.807) is 42.5 Å². The third kappa shape index (κ3) is 5.44. The van der Waals surface area contributed by atoms with Gasteiger partial charge in [0.2, 0.25) is 0 Å². The second kappa shape index (κ2) is 10.9. The molecule has 1 saturated heterocycles.